The molecule has 1 aromatic rings. The first-order valence-electron chi connectivity index (χ1n) is 5.74. The van der Waals surface area contributed by atoms with Gasteiger partial charge in [-0.1, -0.05) is 18.5 Å². The number of aromatic carboxylic acids is 1. The molecule has 0 amide bonds. The summed E-state index contributed by atoms with van der Waals surface area (Å²) in [7, 11) is -3.84. The fourth-order valence-electron chi connectivity index (χ4n) is 1.60. The van der Waals surface area contributed by atoms with Crippen LogP contribution < -0.4 is 0 Å². The normalized spacial score (nSPS) is 11.3. The van der Waals surface area contributed by atoms with E-state index in [1.807, 2.05) is 6.07 Å². The number of sulfonamides is 1. The second-order valence-corrected chi connectivity index (χ2v) is 6.20. The van der Waals surface area contributed by atoms with Crippen molar-refractivity contribution in [2.45, 2.75) is 18.2 Å². The number of rotatable bonds is 6. The molecule has 0 heterocycles. The lowest BCUT2D eigenvalue weighted by molar-refractivity contribution is 0.0697. The molecule has 0 radical (unpaired) electrons. The fraction of sp³-hybridized carbons (Fsp3) is 0.333. The fourth-order valence-corrected chi connectivity index (χ4v) is 3.28. The number of nitriles is 1. The summed E-state index contributed by atoms with van der Waals surface area (Å²) in [5, 5.41) is 17.5. The van der Waals surface area contributed by atoms with Crippen LogP contribution in [0.5, 0.6) is 0 Å². The maximum Gasteiger partial charge on any atom is 0.337 e. The van der Waals surface area contributed by atoms with Gasteiger partial charge < -0.3 is 5.11 Å². The summed E-state index contributed by atoms with van der Waals surface area (Å²) in [5.41, 5.74) is -0.274. The van der Waals surface area contributed by atoms with E-state index in [9.17, 15) is 13.2 Å². The van der Waals surface area contributed by atoms with Gasteiger partial charge in [-0.2, -0.15) is 9.57 Å². The molecule has 1 rings (SSSR count). The average Bonchev–Trinajstić information content (AvgIpc) is 2.39. The minimum atomic E-state index is -3.84. The summed E-state index contributed by atoms with van der Waals surface area (Å²) in [6, 6.07) is 5.38. The summed E-state index contributed by atoms with van der Waals surface area (Å²) in [4.78, 5) is 10.8. The smallest absolute Gasteiger partial charge is 0.337 e. The predicted octanol–water partition coefficient (Wildman–Crippen LogP) is 1.96. The largest absolute Gasteiger partial charge is 0.478 e. The molecule has 0 unspecified atom stereocenters. The third-order valence-corrected chi connectivity index (χ3v) is 4.93. The molecule has 0 fully saturated rings. The lowest BCUT2D eigenvalue weighted by Gasteiger charge is -2.19. The highest BCUT2D eigenvalue weighted by atomic mass is 35.5. The molecule has 1 aromatic carbocycles. The first-order chi connectivity index (χ1) is 9.34. The van der Waals surface area contributed by atoms with E-state index in [1.165, 1.54) is 12.1 Å². The van der Waals surface area contributed by atoms with Gasteiger partial charge in [0.05, 0.1) is 21.6 Å². The Morgan fingerprint density at radius 2 is 2.15 bits per heavy atom. The SMILES string of the molecule is CCN(CCC#N)S(=O)(=O)c1ccc(Cl)c(C(=O)O)c1. The van der Waals surface area contributed by atoms with E-state index in [1.54, 1.807) is 6.92 Å². The van der Waals surface area contributed by atoms with E-state index in [2.05, 4.69) is 0 Å². The van der Waals surface area contributed by atoms with E-state index in [0.29, 0.717) is 0 Å². The van der Waals surface area contributed by atoms with Crippen LogP contribution in [0.25, 0.3) is 0 Å². The zero-order valence-electron chi connectivity index (χ0n) is 10.7. The maximum atomic E-state index is 12.3. The number of halogens is 1. The summed E-state index contributed by atoms with van der Waals surface area (Å²) >= 11 is 5.71. The molecule has 0 saturated heterocycles. The predicted molar refractivity (Wildman–Crippen MR) is 73.1 cm³/mol. The van der Waals surface area contributed by atoms with Gasteiger partial charge in [0.2, 0.25) is 10.0 Å². The monoisotopic (exact) mass is 316 g/mol. The van der Waals surface area contributed by atoms with Gasteiger partial charge >= 0.3 is 5.97 Å². The quantitative estimate of drug-likeness (QED) is 0.865. The van der Waals surface area contributed by atoms with Gasteiger partial charge in [0.25, 0.3) is 0 Å². The van der Waals surface area contributed by atoms with Crippen LogP contribution in [0.4, 0.5) is 0 Å². The Balaban J connectivity index is 3.25. The van der Waals surface area contributed by atoms with Crippen LogP contribution in [0.1, 0.15) is 23.7 Å². The van der Waals surface area contributed by atoms with E-state index < -0.39 is 16.0 Å². The van der Waals surface area contributed by atoms with E-state index in [4.69, 9.17) is 22.0 Å². The van der Waals surface area contributed by atoms with Crippen molar-refractivity contribution in [2.75, 3.05) is 13.1 Å². The van der Waals surface area contributed by atoms with Crippen LogP contribution in [0.3, 0.4) is 0 Å². The molecule has 0 atom stereocenters. The lowest BCUT2D eigenvalue weighted by atomic mass is 10.2. The molecule has 1 N–H and O–H groups in total. The van der Waals surface area contributed by atoms with Gasteiger partial charge in [-0.05, 0) is 18.2 Å². The third kappa shape index (κ3) is 3.48. The molecule has 0 saturated carbocycles. The van der Waals surface area contributed by atoms with Gasteiger partial charge in [0.15, 0.2) is 0 Å². The summed E-state index contributed by atoms with van der Waals surface area (Å²) < 4.78 is 25.8. The molecule has 0 aliphatic heterocycles. The molecule has 8 heteroatoms. The molecular formula is C12H13ClN2O4S. The third-order valence-electron chi connectivity index (χ3n) is 2.63. The molecule has 108 valence electrons. The highest BCUT2D eigenvalue weighted by Crippen LogP contribution is 2.23. The van der Waals surface area contributed by atoms with Crippen molar-refractivity contribution in [3.05, 3.63) is 28.8 Å². The molecule has 0 aromatic heterocycles. The van der Waals surface area contributed by atoms with Crippen LogP contribution in [0.2, 0.25) is 5.02 Å². The Morgan fingerprint density at radius 1 is 1.50 bits per heavy atom. The number of nitrogens with zero attached hydrogens (tertiary/aromatic N) is 2. The van der Waals surface area contributed by atoms with Gasteiger partial charge in [-0.15, -0.1) is 0 Å². The van der Waals surface area contributed by atoms with Gasteiger partial charge in [-0.25, -0.2) is 13.2 Å². The number of hydrogen-bond donors (Lipinski definition) is 1. The summed E-state index contributed by atoms with van der Waals surface area (Å²) in [6.45, 7) is 1.89. The van der Waals surface area contributed by atoms with Crippen LogP contribution in [0, 0.1) is 11.3 Å². The highest BCUT2D eigenvalue weighted by Gasteiger charge is 2.24. The molecule has 0 bridgehead atoms. The molecule has 20 heavy (non-hydrogen) atoms. The van der Waals surface area contributed by atoms with Crippen molar-refractivity contribution >= 4 is 27.6 Å². The van der Waals surface area contributed by atoms with Crippen molar-refractivity contribution in [3.63, 3.8) is 0 Å². The minimum Gasteiger partial charge on any atom is -0.478 e. The Hall–Kier alpha value is -1.62. The number of hydrogen-bond acceptors (Lipinski definition) is 4. The zero-order chi connectivity index (χ0) is 15.3. The number of carbonyl (C=O) groups is 1. The van der Waals surface area contributed by atoms with Gasteiger partial charge in [-0.3, -0.25) is 0 Å². The Kier molecular flexibility index (Phi) is 5.51. The molecule has 0 aliphatic rings. The Bertz CT molecular complexity index is 652. The first kappa shape index (κ1) is 16.4. The van der Waals surface area contributed by atoms with Crippen molar-refractivity contribution < 1.29 is 18.3 Å². The van der Waals surface area contributed by atoms with Crippen molar-refractivity contribution in [3.8, 4) is 6.07 Å². The van der Waals surface area contributed by atoms with Crippen molar-refractivity contribution in [1.82, 2.24) is 4.31 Å². The van der Waals surface area contributed by atoms with Crippen LogP contribution >= 0.6 is 11.6 Å². The lowest BCUT2D eigenvalue weighted by Crippen LogP contribution is -2.31. The number of carboxylic acids is 1. The summed E-state index contributed by atoms with van der Waals surface area (Å²) in [5.74, 6) is -1.30. The summed E-state index contributed by atoms with van der Waals surface area (Å²) in [6.07, 6.45) is 0.0620. The maximum absolute atomic E-state index is 12.3. The Morgan fingerprint density at radius 3 is 2.65 bits per heavy atom. The minimum absolute atomic E-state index is 0.0310. The standard InChI is InChI=1S/C12H13ClN2O4S/c1-2-15(7-3-6-14)20(18,19)9-4-5-11(13)10(8-9)12(16)17/h4-5,8H,2-3,7H2,1H3,(H,16,17). The topological polar surface area (TPSA) is 98.5 Å². The van der Waals surface area contributed by atoms with Crippen molar-refractivity contribution in [2.24, 2.45) is 0 Å². The van der Waals surface area contributed by atoms with Crippen LogP contribution in [0.15, 0.2) is 23.1 Å². The molecule has 6 nitrogen and oxygen atoms in total. The average molecular weight is 317 g/mol. The number of benzene rings is 1. The van der Waals surface area contributed by atoms with E-state index >= 15 is 0 Å². The second-order valence-electron chi connectivity index (χ2n) is 3.85. The molecule has 0 aliphatic carbocycles. The number of carboxylic acid groups (broad SMARTS) is 1. The van der Waals surface area contributed by atoms with Crippen LogP contribution in [-0.4, -0.2) is 36.9 Å². The van der Waals surface area contributed by atoms with Crippen LogP contribution in [-0.2, 0) is 10.0 Å². The van der Waals surface area contributed by atoms with E-state index in [0.717, 1.165) is 10.4 Å². The highest BCUT2D eigenvalue weighted by molar-refractivity contribution is 7.89. The van der Waals surface area contributed by atoms with Gasteiger partial charge in [0.1, 0.15) is 0 Å². The second kappa shape index (κ2) is 6.70. The molecule has 0 spiro atoms. The zero-order valence-corrected chi connectivity index (χ0v) is 12.3. The van der Waals surface area contributed by atoms with Gasteiger partial charge in [0, 0.05) is 19.5 Å². The Labute approximate surface area is 122 Å². The molecular weight excluding hydrogens is 304 g/mol. The first-order valence-corrected chi connectivity index (χ1v) is 7.56. The van der Waals surface area contributed by atoms with E-state index in [-0.39, 0.29) is 35.0 Å². The van der Waals surface area contributed by atoms with Crippen molar-refractivity contribution in [1.29, 1.82) is 5.26 Å².